The van der Waals surface area contributed by atoms with E-state index < -0.39 is 11.7 Å². The van der Waals surface area contributed by atoms with Crippen molar-refractivity contribution in [3.8, 4) is 0 Å². The molecule has 176 valence electrons. The van der Waals surface area contributed by atoms with E-state index in [1.165, 1.54) is 12.1 Å². The molecule has 0 aliphatic carbocycles. The van der Waals surface area contributed by atoms with Crippen molar-refractivity contribution in [3.63, 3.8) is 0 Å². The number of para-hydroxylation sites is 2. The first kappa shape index (κ1) is 23.5. The van der Waals surface area contributed by atoms with Crippen LogP contribution in [0.4, 0.5) is 18.9 Å². The van der Waals surface area contributed by atoms with E-state index in [1.54, 1.807) is 29.2 Å². The lowest BCUT2D eigenvalue weighted by Gasteiger charge is -2.13. The number of rotatable bonds is 4. The van der Waals surface area contributed by atoms with Crippen molar-refractivity contribution < 1.29 is 17.7 Å². The average Bonchev–Trinajstić information content (AvgIpc) is 3.35. The molecule has 7 heteroatoms. The van der Waals surface area contributed by atoms with Gasteiger partial charge in [-0.1, -0.05) is 65.6 Å². The maximum atomic E-state index is 13.4. The lowest BCUT2D eigenvalue weighted by Crippen LogP contribution is -2.28. The van der Waals surface area contributed by atoms with Crippen LogP contribution in [-0.4, -0.2) is 7.05 Å². The van der Waals surface area contributed by atoms with Gasteiger partial charge in [-0.3, -0.25) is 0 Å². The molecular weight excluding hydrogens is 485 g/mol. The van der Waals surface area contributed by atoms with E-state index in [4.69, 9.17) is 0 Å². The number of hydrogen-bond acceptors (Lipinski definition) is 3. The monoisotopic (exact) mass is 507 g/mol. The number of thiazole rings is 1. The summed E-state index contributed by atoms with van der Waals surface area (Å²) in [7, 11) is 3.99. The predicted molar refractivity (Wildman–Crippen MR) is 140 cm³/mol. The SMILES string of the molecule is CN1/C(=C/C=C(/C=C/c2sc3ccccc3[n+]2C)c2cccc(C(F)(F)F)c2)Sc2ccccc21. The number of nitrogens with zero attached hydrogens (tertiary/aromatic N) is 2. The van der Waals surface area contributed by atoms with Crippen LogP contribution in [0.25, 0.3) is 21.9 Å². The van der Waals surface area contributed by atoms with Gasteiger partial charge in [0.25, 0.3) is 5.01 Å². The fourth-order valence-corrected chi connectivity index (χ4v) is 6.08. The normalized spacial score (nSPS) is 15.5. The quantitative estimate of drug-likeness (QED) is 0.205. The molecule has 0 bridgehead atoms. The van der Waals surface area contributed by atoms with Crippen LogP contribution >= 0.6 is 23.1 Å². The Morgan fingerprint density at radius 2 is 1.74 bits per heavy atom. The molecule has 0 radical (unpaired) electrons. The van der Waals surface area contributed by atoms with Gasteiger partial charge in [-0.25, -0.2) is 0 Å². The standard InChI is InChI=1S/C28H22F3N2S2/c1-32-22-10-3-5-12-24(22)34-26(32)16-14-19(20-8-7-9-21(18-20)28(29,30)31)15-17-27-33(2)23-11-4-6-13-25(23)35-27/h3-18H,1-2H3/q+1. The Labute approximate surface area is 210 Å². The second-order valence-electron chi connectivity index (χ2n) is 8.13. The maximum Gasteiger partial charge on any atom is 0.416 e. The molecule has 0 saturated heterocycles. The molecule has 0 fully saturated rings. The third-order valence-corrected chi connectivity index (χ3v) is 8.25. The highest BCUT2D eigenvalue weighted by Crippen LogP contribution is 2.44. The van der Waals surface area contributed by atoms with Crippen LogP contribution in [0.1, 0.15) is 16.1 Å². The van der Waals surface area contributed by atoms with Crippen molar-refractivity contribution >= 4 is 50.7 Å². The minimum absolute atomic E-state index is 0.514. The van der Waals surface area contributed by atoms with Crippen LogP contribution in [-0.2, 0) is 13.2 Å². The van der Waals surface area contributed by atoms with Gasteiger partial charge in [0, 0.05) is 24.1 Å². The van der Waals surface area contributed by atoms with Gasteiger partial charge in [0.05, 0.1) is 16.3 Å². The van der Waals surface area contributed by atoms with E-state index in [1.807, 2.05) is 62.7 Å². The molecule has 2 nitrogen and oxygen atoms in total. The molecule has 35 heavy (non-hydrogen) atoms. The van der Waals surface area contributed by atoms with E-state index >= 15 is 0 Å². The maximum absolute atomic E-state index is 13.4. The second-order valence-corrected chi connectivity index (χ2v) is 10.3. The third kappa shape index (κ3) is 4.79. The van der Waals surface area contributed by atoms with Crippen molar-refractivity contribution in [2.45, 2.75) is 11.1 Å². The number of fused-ring (bicyclic) bond motifs is 2. The number of anilines is 1. The summed E-state index contributed by atoms with van der Waals surface area (Å²) < 4.78 is 43.5. The number of thioether (sulfide) groups is 1. The van der Waals surface area contributed by atoms with Gasteiger partial charge in [-0.15, -0.1) is 0 Å². The van der Waals surface area contributed by atoms with Crippen LogP contribution in [0.5, 0.6) is 0 Å². The van der Waals surface area contributed by atoms with E-state index in [0.29, 0.717) is 11.1 Å². The van der Waals surface area contributed by atoms with E-state index in [0.717, 1.165) is 36.9 Å². The molecule has 0 spiro atoms. The molecule has 0 amide bonds. The highest BCUT2D eigenvalue weighted by Gasteiger charge is 2.30. The average molecular weight is 508 g/mol. The van der Waals surface area contributed by atoms with Crippen LogP contribution in [0, 0.1) is 0 Å². The van der Waals surface area contributed by atoms with Crippen LogP contribution in [0.2, 0.25) is 0 Å². The molecule has 1 aliphatic heterocycles. The number of allylic oxidation sites excluding steroid dienone is 4. The number of hydrogen-bond donors (Lipinski definition) is 0. The summed E-state index contributed by atoms with van der Waals surface area (Å²) in [6.07, 6.45) is 3.32. The zero-order valence-corrected chi connectivity index (χ0v) is 20.7. The van der Waals surface area contributed by atoms with E-state index in [9.17, 15) is 13.2 Å². The van der Waals surface area contributed by atoms with Gasteiger partial charge < -0.3 is 4.90 Å². The highest BCUT2D eigenvalue weighted by atomic mass is 32.2. The predicted octanol–water partition coefficient (Wildman–Crippen LogP) is 7.92. The van der Waals surface area contributed by atoms with Gasteiger partial charge in [-0.2, -0.15) is 17.7 Å². The van der Waals surface area contributed by atoms with Crippen molar-refractivity contribution in [2.24, 2.45) is 7.05 Å². The van der Waals surface area contributed by atoms with Crippen LogP contribution < -0.4 is 9.47 Å². The molecule has 3 aromatic carbocycles. The van der Waals surface area contributed by atoms with Crippen molar-refractivity contribution in [1.82, 2.24) is 0 Å². The molecule has 0 saturated carbocycles. The lowest BCUT2D eigenvalue weighted by molar-refractivity contribution is -0.642. The molecule has 0 unspecified atom stereocenters. The number of aromatic nitrogens is 1. The second kappa shape index (κ2) is 9.40. The summed E-state index contributed by atoms with van der Waals surface area (Å²) >= 11 is 3.29. The Bertz CT molecular complexity index is 1500. The number of halogens is 3. The van der Waals surface area contributed by atoms with Crippen molar-refractivity contribution in [2.75, 3.05) is 11.9 Å². The smallest absolute Gasteiger partial charge is 0.338 e. The topological polar surface area (TPSA) is 7.12 Å². The minimum atomic E-state index is -4.40. The molecule has 5 rings (SSSR count). The summed E-state index contributed by atoms with van der Waals surface area (Å²) in [6, 6.07) is 21.7. The molecule has 4 aromatic rings. The third-order valence-electron chi connectivity index (χ3n) is 5.88. The van der Waals surface area contributed by atoms with Gasteiger partial charge in [0.1, 0.15) is 11.7 Å². The van der Waals surface area contributed by atoms with Crippen molar-refractivity contribution in [3.05, 3.63) is 112 Å². The van der Waals surface area contributed by atoms with E-state index in [2.05, 4.69) is 33.7 Å². The fraction of sp³-hybridized carbons (Fsp3) is 0.107. The molecule has 0 N–H and O–H groups in total. The number of aryl methyl sites for hydroxylation is 1. The van der Waals surface area contributed by atoms with Gasteiger partial charge in [0.15, 0.2) is 0 Å². The Morgan fingerprint density at radius 1 is 0.971 bits per heavy atom. The Hall–Kier alpha value is -3.29. The zero-order valence-electron chi connectivity index (χ0n) is 19.1. The zero-order chi connectivity index (χ0) is 24.6. The van der Waals surface area contributed by atoms with Gasteiger partial charge in [0.2, 0.25) is 5.52 Å². The molecule has 2 heterocycles. The first-order chi connectivity index (χ1) is 16.8. The van der Waals surface area contributed by atoms with Gasteiger partial charge >= 0.3 is 6.18 Å². The summed E-state index contributed by atoms with van der Waals surface area (Å²) in [4.78, 5) is 3.25. The summed E-state index contributed by atoms with van der Waals surface area (Å²) in [6.45, 7) is 0. The molecule has 1 aliphatic rings. The Balaban J connectivity index is 1.56. The first-order valence-corrected chi connectivity index (χ1v) is 12.6. The molecular formula is C28H22F3N2S2+. The summed E-state index contributed by atoms with van der Waals surface area (Å²) in [5.41, 5.74) is 2.79. The number of alkyl halides is 3. The Kier molecular flexibility index (Phi) is 6.30. The summed E-state index contributed by atoms with van der Waals surface area (Å²) in [5, 5.41) is 2.02. The van der Waals surface area contributed by atoms with Crippen LogP contribution in [0.3, 0.4) is 0 Å². The molecule has 1 aromatic heterocycles. The number of benzene rings is 3. The first-order valence-electron chi connectivity index (χ1n) is 11.0. The largest absolute Gasteiger partial charge is 0.416 e. The van der Waals surface area contributed by atoms with Gasteiger partial charge in [-0.05, 0) is 53.6 Å². The molecule has 0 atom stereocenters. The Morgan fingerprint density at radius 3 is 2.51 bits per heavy atom. The van der Waals surface area contributed by atoms with E-state index in [-0.39, 0.29) is 0 Å². The minimum Gasteiger partial charge on any atom is -0.338 e. The van der Waals surface area contributed by atoms with Crippen LogP contribution in [0.15, 0.2) is 101 Å². The fourth-order valence-electron chi connectivity index (χ4n) is 3.98. The van der Waals surface area contributed by atoms with Crippen molar-refractivity contribution in [1.29, 1.82) is 0 Å². The highest BCUT2D eigenvalue weighted by molar-refractivity contribution is 8.03. The lowest BCUT2D eigenvalue weighted by atomic mass is 10.0. The summed E-state index contributed by atoms with van der Waals surface area (Å²) in [5.74, 6) is 0.